The minimum atomic E-state index is -0.335. The molecule has 0 atom stereocenters. The standard InChI is InChI=1S/C16H14Cl2N2O2/c1-10-3-5-12(8-13(10)17)16(21)20-19-9-11-4-6-15(22-2)14(18)7-11/h3-9H,1-2H3,(H,20,21)/b19-9-. The van der Waals surface area contributed by atoms with E-state index in [0.717, 1.165) is 11.1 Å². The molecule has 0 aromatic heterocycles. The van der Waals surface area contributed by atoms with Gasteiger partial charge in [0, 0.05) is 10.6 Å². The Hall–Kier alpha value is -2.04. The van der Waals surface area contributed by atoms with Gasteiger partial charge in [-0.25, -0.2) is 5.43 Å². The number of methoxy groups -OCH3 is 1. The van der Waals surface area contributed by atoms with Gasteiger partial charge in [0.1, 0.15) is 5.75 Å². The van der Waals surface area contributed by atoms with Gasteiger partial charge in [-0.05, 0) is 48.4 Å². The molecule has 0 saturated heterocycles. The van der Waals surface area contributed by atoms with Crippen LogP contribution in [0.5, 0.6) is 5.75 Å². The van der Waals surface area contributed by atoms with Crippen molar-refractivity contribution in [2.75, 3.05) is 7.11 Å². The van der Waals surface area contributed by atoms with E-state index in [-0.39, 0.29) is 5.91 Å². The van der Waals surface area contributed by atoms with Crippen LogP contribution in [0.2, 0.25) is 10.0 Å². The molecule has 0 saturated carbocycles. The second-order valence-corrected chi connectivity index (χ2v) is 5.37. The highest BCUT2D eigenvalue weighted by Gasteiger charge is 2.06. The Balaban J connectivity index is 2.04. The van der Waals surface area contributed by atoms with Gasteiger partial charge in [0.2, 0.25) is 0 Å². The van der Waals surface area contributed by atoms with Crippen molar-refractivity contribution in [1.82, 2.24) is 5.43 Å². The molecule has 1 N–H and O–H groups in total. The van der Waals surface area contributed by atoms with Crippen molar-refractivity contribution in [3.8, 4) is 5.75 Å². The number of halogens is 2. The summed E-state index contributed by atoms with van der Waals surface area (Å²) < 4.78 is 5.06. The van der Waals surface area contributed by atoms with Crippen molar-refractivity contribution in [2.24, 2.45) is 5.10 Å². The van der Waals surface area contributed by atoms with Crippen LogP contribution in [0.4, 0.5) is 0 Å². The topological polar surface area (TPSA) is 50.7 Å². The predicted octanol–water partition coefficient (Wildman–Crippen LogP) is 4.07. The van der Waals surface area contributed by atoms with E-state index in [1.54, 1.807) is 43.5 Å². The van der Waals surface area contributed by atoms with Gasteiger partial charge in [-0.3, -0.25) is 4.79 Å². The molecule has 0 fully saturated rings. The Bertz CT molecular complexity index is 730. The van der Waals surface area contributed by atoms with Gasteiger partial charge in [-0.15, -0.1) is 0 Å². The smallest absolute Gasteiger partial charge is 0.271 e. The number of nitrogens with zero attached hydrogens (tertiary/aromatic N) is 1. The molecule has 1 amide bonds. The first-order valence-corrected chi connectivity index (χ1v) is 7.20. The van der Waals surface area contributed by atoms with Gasteiger partial charge in [0.05, 0.1) is 18.3 Å². The van der Waals surface area contributed by atoms with E-state index in [0.29, 0.717) is 21.4 Å². The zero-order chi connectivity index (χ0) is 16.1. The van der Waals surface area contributed by atoms with Crippen LogP contribution in [0.25, 0.3) is 0 Å². The van der Waals surface area contributed by atoms with Crippen LogP contribution >= 0.6 is 23.2 Å². The van der Waals surface area contributed by atoms with E-state index in [9.17, 15) is 4.79 Å². The molecule has 0 bridgehead atoms. The summed E-state index contributed by atoms with van der Waals surface area (Å²) in [6.07, 6.45) is 1.50. The summed E-state index contributed by atoms with van der Waals surface area (Å²) in [5.74, 6) is 0.245. The highest BCUT2D eigenvalue weighted by molar-refractivity contribution is 6.32. The molecular weight excluding hydrogens is 323 g/mol. The molecular formula is C16H14Cl2N2O2. The quantitative estimate of drug-likeness (QED) is 0.675. The van der Waals surface area contributed by atoms with Crippen LogP contribution in [0.3, 0.4) is 0 Å². The molecule has 2 aromatic rings. The molecule has 0 aliphatic heterocycles. The lowest BCUT2D eigenvalue weighted by atomic mass is 10.1. The summed E-state index contributed by atoms with van der Waals surface area (Å²) >= 11 is 12.0. The lowest BCUT2D eigenvalue weighted by Crippen LogP contribution is -2.17. The third kappa shape index (κ3) is 4.00. The van der Waals surface area contributed by atoms with E-state index in [1.165, 1.54) is 6.21 Å². The number of amides is 1. The van der Waals surface area contributed by atoms with Crippen molar-refractivity contribution in [3.63, 3.8) is 0 Å². The maximum atomic E-state index is 11.9. The van der Waals surface area contributed by atoms with Crippen molar-refractivity contribution in [3.05, 3.63) is 63.1 Å². The molecule has 2 aromatic carbocycles. The van der Waals surface area contributed by atoms with Crippen molar-refractivity contribution < 1.29 is 9.53 Å². The molecule has 0 unspecified atom stereocenters. The average Bonchev–Trinajstić information content (AvgIpc) is 2.50. The fourth-order valence-corrected chi connectivity index (χ4v) is 2.17. The molecule has 22 heavy (non-hydrogen) atoms. The fourth-order valence-electron chi connectivity index (χ4n) is 1.73. The van der Waals surface area contributed by atoms with Crippen LogP contribution in [0, 0.1) is 6.92 Å². The Kier molecular flexibility index (Phi) is 5.41. The van der Waals surface area contributed by atoms with Crippen LogP contribution in [-0.4, -0.2) is 19.2 Å². The first-order valence-electron chi connectivity index (χ1n) is 6.44. The third-order valence-electron chi connectivity index (χ3n) is 2.99. The van der Waals surface area contributed by atoms with E-state index >= 15 is 0 Å². The SMILES string of the molecule is COc1ccc(/C=N\NC(=O)c2ccc(C)c(Cl)c2)cc1Cl. The number of aryl methyl sites for hydroxylation is 1. The number of hydrogen-bond donors (Lipinski definition) is 1. The summed E-state index contributed by atoms with van der Waals surface area (Å²) in [6, 6.07) is 10.3. The molecule has 0 spiro atoms. The van der Waals surface area contributed by atoms with Crippen LogP contribution in [0.1, 0.15) is 21.5 Å². The van der Waals surface area contributed by atoms with Gasteiger partial charge in [0.25, 0.3) is 5.91 Å². The second kappa shape index (κ2) is 7.29. The summed E-state index contributed by atoms with van der Waals surface area (Å²) in [5.41, 5.74) is 4.54. The number of nitrogens with one attached hydrogen (secondary N) is 1. The molecule has 0 heterocycles. The largest absolute Gasteiger partial charge is 0.495 e. The Labute approximate surface area is 138 Å². The van der Waals surface area contributed by atoms with Gasteiger partial charge < -0.3 is 4.74 Å². The minimum absolute atomic E-state index is 0.335. The molecule has 4 nitrogen and oxygen atoms in total. The maximum absolute atomic E-state index is 11.9. The normalized spacial score (nSPS) is 10.7. The fraction of sp³-hybridized carbons (Fsp3) is 0.125. The van der Waals surface area contributed by atoms with Crippen LogP contribution < -0.4 is 10.2 Å². The number of carbonyl (C=O) groups excluding carboxylic acids is 1. The summed E-state index contributed by atoms with van der Waals surface area (Å²) in [6.45, 7) is 1.87. The Morgan fingerprint density at radius 2 is 1.95 bits per heavy atom. The van der Waals surface area contributed by atoms with Gasteiger partial charge >= 0.3 is 0 Å². The molecule has 2 rings (SSSR count). The third-order valence-corrected chi connectivity index (χ3v) is 3.69. The Morgan fingerprint density at radius 1 is 1.18 bits per heavy atom. The number of rotatable bonds is 4. The highest BCUT2D eigenvalue weighted by Crippen LogP contribution is 2.24. The molecule has 0 aliphatic rings. The first-order chi connectivity index (χ1) is 10.5. The van der Waals surface area contributed by atoms with E-state index in [1.807, 2.05) is 6.92 Å². The average molecular weight is 337 g/mol. The van der Waals surface area contributed by atoms with E-state index < -0.39 is 0 Å². The molecule has 114 valence electrons. The van der Waals surface area contributed by atoms with Crippen molar-refractivity contribution >= 4 is 35.3 Å². The summed E-state index contributed by atoms with van der Waals surface area (Å²) in [4.78, 5) is 11.9. The molecule has 6 heteroatoms. The number of ether oxygens (including phenoxy) is 1. The number of carbonyl (C=O) groups is 1. The number of hydrogen-bond acceptors (Lipinski definition) is 3. The highest BCUT2D eigenvalue weighted by atomic mass is 35.5. The number of benzene rings is 2. The zero-order valence-corrected chi connectivity index (χ0v) is 13.6. The summed E-state index contributed by atoms with van der Waals surface area (Å²) in [5, 5.41) is 4.91. The second-order valence-electron chi connectivity index (χ2n) is 4.56. The van der Waals surface area contributed by atoms with Gasteiger partial charge in [0.15, 0.2) is 0 Å². The molecule has 0 radical (unpaired) electrons. The van der Waals surface area contributed by atoms with Crippen LogP contribution in [-0.2, 0) is 0 Å². The zero-order valence-electron chi connectivity index (χ0n) is 12.1. The van der Waals surface area contributed by atoms with Crippen LogP contribution in [0.15, 0.2) is 41.5 Å². The lowest BCUT2D eigenvalue weighted by molar-refractivity contribution is 0.0955. The minimum Gasteiger partial charge on any atom is -0.495 e. The Morgan fingerprint density at radius 3 is 2.59 bits per heavy atom. The van der Waals surface area contributed by atoms with Gasteiger partial charge in [-0.2, -0.15) is 5.10 Å². The van der Waals surface area contributed by atoms with Crippen molar-refractivity contribution in [2.45, 2.75) is 6.92 Å². The predicted molar refractivity (Wildman–Crippen MR) is 89.3 cm³/mol. The molecule has 0 aliphatic carbocycles. The lowest BCUT2D eigenvalue weighted by Gasteiger charge is -2.04. The van der Waals surface area contributed by atoms with E-state index in [4.69, 9.17) is 27.9 Å². The monoisotopic (exact) mass is 336 g/mol. The number of hydrazone groups is 1. The van der Waals surface area contributed by atoms with E-state index in [2.05, 4.69) is 10.5 Å². The first kappa shape index (κ1) is 16.3. The van der Waals surface area contributed by atoms with Gasteiger partial charge in [-0.1, -0.05) is 29.3 Å². The maximum Gasteiger partial charge on any atom is 0.271 e. The van der Waals surface area contributed by atoms with Crippen molar-refractivity contribution in [1.29, 1.82) is 0 Å². The summed E-state index contributed by atoms with van der Waals surface area (Å²) in [7, 11) is 1.54.